The van der Waals surface area contributed by atoms with E-state index in [1.807, 2.05) is 12.1 Å². The van der Waals surface area contributed by atoms with Crippen LogP contribution in [0.5, 0.6) is 0 Å². The van der Waals surface area contributed by atoms with Gasteiger partial charge in [0.2, 0.25) is 5.91 Å². The van der Waals surface area contributed by atoms with Gasteiger partial charge in [-0.05, 0) is 30.5 Å². The molecule has 2 aliphatic rings. The molecule has 0 unspecified atom stereocenters. The van der Waals surface area contributed by atoms with Crippen molar-refractivity contribution in [2.75, 3.05) is 29.5 Å². The van der Waals surface area contributed by atoms with Gasteiger partial charge in [0.1, 0.15) is 0 Å². The Hall–Kier alpha value is -1.75. The second kappa shape index (κ2) is 3.88. The van der Waals surface area contributed by atoms with E-state index in [1.54, 1.807) is 0 Å². The standard InChI is InChI=1S/C13H17N3O2/c14-9-3-8-4-12(18)16-10(8)5-11(9)15-6-13(7-17)1-2-13/h3,5,15,17H,1-2,4,6-7,14H2,(H,16,18). The van der Waals surface area contributed by atoms with Crippen LogP contribution in [0.3, 0.4) is 0 Å². The Morgan fingerprint density at radius 3 is 2.89 bits per heavy atom. The molecule has 0 bridgehead atoms. The molecule has 1 aromatic carbocycles. The first-order chi connectivity index (χ1) is 8.62. The molecule has 5 heteroatoms. The zero-order valence-electron chi connectivity index (χ0n) is 10.1. The topological polar surface area (TPSA) is 87.4 Å². The van der Waals surface area contributed by atoms with Gasteiger partial charge in [0.25, 0.3) is 0 Å². The van der Waals surface area contributed by atoms with Crippen molar-refractivity contribution in [1.29, 1.82) is 0 Å². The van der Waals surface area contributed by atoms with Crippen molar-refractivity contribution in [3.8, 4) is 0 Å². The third-order valence-electron chi connectivity index (χ3n) is 3.85. The highest BCUT2D eigenvalue weighted by Crippen LogP contribution is 2.45. The molecule has 3 rings (SSSR count). The lowest BCUT2D eigenvalue weighted by Gasteiger charge is -2.16. The number of amides is 1. The number of nitrogens with one attached hydrogen (secondary N) is 2. The molecule has 0 radical (unpaired) electrons. The van der Waals surface area contributed by atoms with Crippen LogP contribution in [0.15, 0.2) is 12.1 Å². The van der Waals surface area contributed by atoms with E-state index >= 15 is 0 Å². The first kappa shape index (κ1) is 11.3. The average molecular weight is 247 g/mol. The first-order valence-electron chi connectivity index (χ1n) is 6.19. The summed E-state index contributed by atoms with van der Waals surface area (Å²) in [6.45, 7) is 0.933. The Bertz CT molecular complexity index is 509. The second-order valence-corrected chi connectivity index (χ2v) is 5.33. The van der Waals surface area contributed by atoms with Crippen LogP contribution in [0.1, 0.15) is 18.4 Å². The molecule has 1 aliphatic heterocycles. The highest BCUT2D eigenvalue weighted by Gasteiger charge is 2.41. The summed E-state index contributed by atoms with van der Waals surface area (Å²) >= 11 is 0. The lowest BCUT2D eigenvalue weighted by molar-refractivity contribution is -0.115. The molecule has 5 N–H and O–H groups in total. The second-order valence-electron chi connectivity index (χ2n) is 5.33. The Morgan fingerprint density at radius 2 is 2.22 bits per heavy atom. The molecular weight excluding hydrogens is 230 g/mol. The Morgan fingerprint density at radius 1 is 1.44 bits per heavy atom. The van der Waals surface area contributed by atoms with Crippen LogP contribution in [0, 0.1) is 5.41 Å². The van der Waals surface area contributed by atoms with Gasteiger partial charge in [-0.2, -0.15) is 0 Å². The predicted octanol–water partition coefficient (Wildman–Crippen LogP) is 0.948. The monoisotopic (exact) mass is 247 g/mol. The van der Waals surface area contributed by atoms with E-state index in [9.17, 15) is 9.90 Å². The lowest BCUT2D eigenvalue weighted by atomic mass is 10.1. The molecule has 1 aliphatic carbocycles. The number of carbonyl (C=O) groups excluding carboxylic acids is 1. The van der Waals surface area contributed by atoms with Gasteiger partial charge in [0.15, 0.2) is 0 Å². The van der Waals surface area contributed by atoms with Crippen LogP contribution >= 0.6 is 0 Å². The summed E-state index contributed by atoms with van der Waals surface area (Å²) in [6.07, 6.45) is 2.51. The molecule has 0 saturated heterocycles. The first-order valence-corrected chi connectivity index (χ1v) is 6.19. The predicted molar refractivity (Wildman–Crippen MR) is 70.4 cm³/mol. The molecule has 1 heterocycles. The van der Waals surface area contributed by atoms with Gasteiger partial charge < -0.3 is 21.5 Å². The van der Waals surface area contributed by atoms with Crippen LogP contribution in [-0.2, 0) is 11.2 Å². The smallest absolute Gasteiger partial charge is 0.228 e. The highest BCUT2D eigenvalue weighted by atomic mass is 16.3. The van der Waals surface area contributed by atoms with Crippen LogP contribution in [0.25, 0.3) is 0 Å². The number of benzene rings is 1. The molecule has 1 saturated carbocycles. The van der Waals surface area contributed by atoms with Gasteiger partial charge in [-0.15, -0.1) is 0 Å². The molecular formula is C13H17N3O2. The number of aliphatic hydroxyl groups excluding tert-OH is 1. The van der Waals surface area contributed by atoms with Crippen LogP contribution in [0.2, 0.25) is 0 Å². The molecule has 5 nitrogen and oxygen atoms in total. The van der Waals surface area contributed by atoms with Crippen molar-refractivity contribution >= 4 is 23.0 Å². The summed E-state index contributed by atoms with van der Waals surface area (Å²) in [6, 6.07) is 3.72. The fourth-order valence-electron chi connectivity index (χ4n) is 2.30. The third-order valence-corrected chi connectivity index (χ3v) is 3.85. The van der Waals surface area contributed by atoms with Crippen molar-refractivity contribution in [3.05, 3.63) is 17.7 Å². The largest absolute Gasteiger partial charge is 0.397 e. The molecule has 0 atom stereocenters. The number of carbonyl (C=O) groups is 1. The SMILES string of the molecule is Nc1cc2c(cc1NCC1(CO)CC1)NC(=O)C2. The normalized spacial score (nSPS) is 19.3. The molecule has 0 spiro atoms. The van der Waals surface area contributed by atoms with E-state index in [-0.39, 0.29) is 17.9 Å². The minimum atomic E-state index is 0.00979. The minimum absolute atomic E-state index is 0.00979. The van der Waals surface area contributed by atoms with Gasteiger partial charge in [-0.25, -0.2) is 0 Å². The van der Waals surface area contributed by atoms with Crippen molar-refractivity contribution in [3.63, 3.8) is 0 Å². The van der Waals surface area contributed by atoms with Gasteiger partial charge in [-0.1, -0.05) is 0 Å². The maximum atomic E-state index is 11.3. The summed E-state index contributed by atoms with van der Waals surface area (Å²) in [4.78, 5) is 11.3. The number of aliphatic hydroxyl groups is 1. The highest BCUT2D eigenvalue weighted by molar-refractivity contribution is 6.00. The van der Waals surface area contributed by atoms with Gasteiger partial charge in [-0.3, -0.25) is 4.79 Å². The van der Waals surface area contributed by atoms with E-state index < -0.39 is 0 Å². The zero-order chi connectivity index (χ0) is 12.8. The van der Waals surface area contributed by atoms with Crippen LogP contribution in [-0.4, -0.2) is 24.2 Å². The fraction of sp³-hybridized carbons (Fsp3) is 0.462. The lowest BCUT2D eigenvalue weighted by Crippen LogP contribution is -2.19. The maximum Gasteiger partial charge on any atom is 0.228 e. The quantitative estimate of drug-likeness (QED) is 0.596. The van der Waals surface area contributed by atoms with Crippen LogP contribution in [0.4, 0.5) is 17.1 Å². The molecule has 1 aromatic rings. The number of nitrogen functional groups attached to an aromatic ring is 1. The van der Waals surface area contributed by atoms with E-state index in [0.717, 1.165) is 36.3 Å². The van der Waals surface area contributed by atoms with E-state index in [1.165, 1.54) is 0 Å². The fourth-order valence-corrected chi connectivity index (χ4v) is 2.30. The minimum Gasteiger partial charge on any atom is -0.397 e. The summed E-state index contributed by atoms with van der Waals surface area (Å²) < 4.78 is 0. The van der Waals surface area contributed by atoms with Crippen molar-refractivity contribution in [2.45, 2.75) is 19.3 Å². The number of fused-ring (bicyclic) bond motifs is 1. The van der Waals surface area contributed by atoms with E-state index in [0.29, 0.717) is 12.1 Å². The summed E-state index contributed by atoms with van der Waals surface area (Å²) in [5.74, 6) is 0.00979. The van der Waals surface area contributed by atoms with Gasteiger partial charge >= 0.3 is 0 Å². The number of anilines is 3. The number of hydrogen-bond donors (Lipinski definition) is 4. The number of nitrogens with two attached hydrogens (primary N) is 1. The van der Waals surface area contributed by atoms with Crippen molar-refractivity contribution in [2.24, 2.45) is 5.41 Å². The zero-order valence-corrected chi connectivity index (χ0v) is 10.1. The number of hydrogen-bond acceptors (Lipinski definition) is 4. The van der Waals surface area contributed by atoms with Crippen molar-refractivity contribution in [1.82, 2.24) is 0 Å². The molecule has 96 valence electrons. The molecule has 0 aromatic heterocycles. The van der Waals surface area contributed by atoms with Crippen molar-refractivity contribution < 1.29 is 9.90 Å². The van der Waals surface area contributed by atoms with Gasteiger partial charge in [0, 0.05) is 17.6 Å². The Labute approximate surface area is 105 Å². The van der Waals surface area contributed by atoms with E-state index in [4.69, 9.17) is 5.73 Å². The average Bonchev–Trinajstić information content (AvgIpc) is 3.03. The molecule has 18 heavy (non-hydrogen) atoms. The maximum absolute atomic E-state index is 11.3. The van der Waals surface area contributed by atoms with Gasteiger partial charge in [0.05, 0.1) is 24.4 Å². The third kappa shape index (κ3) is 1.90. The van der Waals surface area contributed by atoms with E-state index in [2.05, 4.69) is 10.6 Å². The van der Waals surface area contributed by atoms with Crippen LogP contribution < -0.4 is 16.4 Å². The Kier molecular flexibility index (Phi) is 2.45. The summed E-state index contributed by atoms with van der Waals surface area (Å²) in [7, 11) is 0. The Balaban J connectivity index is 1.77. The summed E-state index contributed by atoms with van der Waals surface area (Å²) in [5, 5.41) is 15.3. The molecule has 1 fully saturated rings. The number of rotatable bonds is 4. The summed E-state index contributed by atoms with van der Waals surface area (Å²) in [5.41, 5.74) is 9.27. The molecule has 1 amide bonds.